The van der Waals surface area contributed by atoms with E-state index in [2.05, 4.69) is 40.4 Å². The summed E-state index contributed by atoms with van der Waals surface area (Å²) >= 11 is 8.52. The normalized spacial score (nSPS) is 10.3. The highest BCUT2D eigenvalue weighted by Gasteiger charge is 2.09. The molecule has 2 aromatic carbocycles. The Morgan fingerprint density at radius 3 is 2.67 bits per heavy atom. The summed E-state index contributed by atoms with van der Waals surface area (Å²) in [6, 6.07) is 14.3. The average molecular weight is 407 g/mol. The van der Waals surface area contributed by atoms with E-state index in [4.69, 9.17) is 17.0 Å². The van der Waals surface area contributed by atoms with Gasteiger partial charge in [0.05, 0.1) is 0 Å². The lowest BCUT2D eigenvalue weighted by molar-refractivity contribution is 0.102. The Labute approximate surface area is 155 Å². The van der Waals surface area contributed by atoms with Crippen LogP contribution in [0.1, 0.15) is 24.2 Å². The molecule has 24 heavy (non-hydrogen) atoms. The Kier molecular flexibility index (Phi) is 6.75. The molecular formula is C18H19BrN2O2S. The van der Waals surface area contributed by atoms with Gasteiger partial charge in [-0.15, -0.1) is 0 Å². The van der Waals surface area contributed by atoms with Gasteiger partial charge in [-0.2, -0.15) is 0 Å². The first-order valence-corrected chi connectivity index (χ1v) is 8.77. The molecule has 0 aromatic heterocycles. The van der Waals surface area contributed by atoms with Crippen molar-refractivity contribution in [3.8, 4) is 5.75 Å². The van der Waals surface area contributed by atoms with Crippen molar-refractivity contribution >= 4 is 44.9 Å². The van der Waals surface area contributed by atoms with Gasteiger partial charge >= 0.3 is 0 Å². The van der Waals surface area contributed by atoms with Crippen molar-refractivity contribution < 1.29 is 9.53 Å². The minimum Gasteiger partial charge on any atom is -0.432 e. The summed E-state index contributed by atoms with van der Waals surface area (Å²) in [5.74, 6) is 0.784. The Balaban J connectivity index is 2.01. The molecule has 126 valence electrons. The van der Waals surface area contributed by atoms with Gasteiger partial charge < -0.3 is 15.4 Å². The number of halogens is 1. The van der Waals surface area contributed by atoms with Gasteiger partial charge in [-0.05, 0) is 54.5 Å². The second-order valence-electron chi connectivity index (χ2n) is 5.66. The van der Waals surface area contributed by atoms with Crippen molar-refractivity contribution in [1.29, 1.82) is 0 Å². The van der Waals surface area contributed by atoms with E-state index >= 15 is 0 Å². The number of amides is 1. The van der Waals surface area contributed by atoms with Gasteiger partial charge in [-0.1, -0.05) is 41.9 Å². The number of nitrogens with one attached hydrogen (secondary N) is 2. The smallest absolute Gasteiger partial charge is 0.262 e. The molecule has 0 unspecified atom stereocenters. The Bertz CT molecular complexity index is 734. The number of thiocarbonyl (C=S) groups is 1. The van der Waals surface area contributed by atoms with Crippen molar-refractivity contribution in [2.24, 2.45) is 5.92 Å². The minimum absolute atomic E-state index is 0.209. The molecule has 0 atom stereocenters. The van der Waals surface area contributed by atoms with Crippen molar-refractivity contribution in [2.45, 2.75) is 13.8 Å². The molecule has 0 bridgehead atoms. The fourth-order valence-corrected chi connectivity index (χ4v) is 2.48. The number of anilines is 1. The second kappa shape index (κ2) is 8.80. The van der Waals surface area contributed by atoms with Crippen LogP contribution < -0.4 is 15.4 Å². The predicted octanol–water partition coefficient (Wildman–Crippen LogP) is 4.61. The van der Waals surface area contributed by atoms with E-state index < -0.39 is 0 Å². The largest absolute Gasteiger partial charge is 0.432 e. The van der Waals surface area contributed by atoms with Crippen molar-refractivity contribution in [3.63, 3.8) is 0 Å². The van der Waals surface area contributed by atoms with E-state index in [0.717, 1.165) is 16.7 Å². The number of hydrogen-bond acceptors (Lipinski definition) is 3. The van der Waals surface area contributed by atoms with Gasteiger partial charge in [0.1, 0.15) is 5.75 Å². The van der Waals surface area contributed by atoms with E-state index in [1.165, 1.54) is 0 Å². The van der Waals surface area contributed by atoms with Gasteiger partial charge in [0.15, 0.2) is 0 Å². The van der Waals surface area contributed by atoms with Gasteiger partial charge in [0.25, 0.3) is 11.1 Å². The van der Waals surface area contributed by atoms with Crippen molar-refractivity contribution in [3.05, 3.63) is 58.6 Å². The first-order chi connectivity index (χ1) is 11.4. The molecule has 6 heteroatoms. The van der Waals surface area contributed by atoms with Crippen LogP contribution in [0.25, 0.3) is 0 Å². The van der Waals surface area contributed by atoms with Crippen LogP contribution in [0.5, 0.6) is 5.75 Å². The lowest BCUT2D eigenvalue weighted by Crippen LogP contribution is -2.29. The summed E-state index contributed by atoms with van der Waals surface area (Å²) in [5, 5.41) is 6.17. The number of rotatable bonds is 5. The molecule has 0 aliphatic carbocycles. The van der Waals surface area contributed by atoms with Crippen LogP contribution in [0.4, 0.5) is 5.69 Å². The lowest BCUT2D eigenvalue weighted by atomic mass is 10.2. The topological polar surface area (TPSA) is 50.4 Å². The van der Waals surface area contributed by atoms with E-state index in [9.17, 15) is 4.79 Å². The number of hydrogen-bond donors (Lipinski definition) is 2. The van der Waals surface area contributed by atoms with Gasteiger partial charge in [-0.25, -0.2) is 0 Å². The molecule has 0 saturated heterocycles. The summed E-state index contributed by atoms with van der Waals surface area (Å²) in [7, 11) is 0. The first kappa shape index (κ1) is 18.4. The van der Waals surface area contributed by atoms with Crippen LogP contribution in [0.2, 0.25) is 0 Å². The molecule has 2 rings (SSSR count). The van der Waals surface area contributed by atoms with Gasteiger partial charge in [-0.3, -0.25) is 4.79 Å². The lowest BCUT2D eigenvalue weighted by Gasteiger charge is -2.12. The quantitative estimate of drug-likeness (QED) is 0.711. The first-order valence-electron chi connectivity index (χ1n) is 7.56. The molecule has 0 heterocycles. The number of ether oxygens (including phenoxy) is 1. The predicted molar refractivity (Wildman–Crippen MR) is 105 cm³/mol. The third-order valence-corrected chi connectivity index (χ3v) is 3.76. The third kappa shape index (κ3) is 5.94. The Morgan fingerprint density at radius 2 is 1.96 bits per heavy atom. The fourth-order valence-electron chi connectivity index (χ4n) is 1.90. The zero-order valence-corrected chi connectivity index (χ0v) is 15.9. The van der Waals surface area contributed by atoms with E-state index in [0.29, 0.717) is 22.4 Å². The van der Waals surface area contributed by atoms with Crippen LogP contribution in [0, 0.1) is 5.92 Å². The highest BCUT2D eigenvalue weighted by atomic mass is 79.9. The van der Waals surface area contributed by atoms with E-state index in [1.807, 2.05) is 24.3 Å². The van der Waals surface area contributed by atoms with Crippen LogP contribution in [0.15, 0.2) is 53.0 Å². The summed E-state index contributed by atoms with van der Waals surface area (Å²) in [4.78, 5) is 12.3. The second-order valence-corrected chi connectivity index (χ2v) is 6.94. The SMILES string of the molecule is CC(C)CNC(=S)Oc1cccc(C(=O)Nc2cccc(Br)c2)c1. The number of benzene rings is 2. The van der Waals surface area contributed by atoms with Crippen LogP contribution in [-0.4, -0.2) is 17.6 Å². The Morgan fingerprint density at radius 1 is 1.21 bits per heavy atom. The van der Waals surface area contributed by atoms with Crippen molar-refractivity contribution in [1.82, 2.24) is 5.32 Å². The number of carbonyl (C=O) groups is 1. The third-order valence-electron chi connectivity index (χ3n) is 3.04. The molecule has 0 fully saturated rings. The Hall–Kier alpha value is -1.92. The van der Waals surface area contributed by atoms with Crippen LogP contribution >= 0.6 is 28.1 Å². The average Bonchev–Trinajstić information content (AvgIpc) is 2.53. The summed E-state index contributed by atoms with van der Waals surface area (Å²) in [5.41, 5.74) is 1.22. The molecule has 2 N–H and O–H groups in total. The van der Waals surface area contributed by atoms with Gasteiger partial charge in [0.2, 0.25) is 0 Å². The molecule has 0 saturated carbocycles. The maximum Gasteiger partial charge on any atom is 0.262 e. The molecular weight excluding hydrogens is 388 g/mol. The van der Waals surface area contributed by atoms with Crippen molar-refractivity contribution in [2.75, 3.05) is 11.9 Å². The zero-order valence-electron chi connectivity index (χ0n) is 13.5. The van der Waals surface area contributed by atoms with Gasteiger partial charge in [0, 0.05) is 22.3 Å². The zero-order chi connectivity index (χ0) is 17.5. The molecule has 0 radical (unpaired) electrons. The monoisotopic (exact) mass is 406 g/mol. The maximum absolute atomic E-state index is 12.3. The number of carbonyl (C=O) groups excluding carboxylic acids is 1. The highest BCUT2D eigenvalue weighted by molar-refractivity contribution is 9.10. The molecule has 0 spiro atoms. The summed E-state index contributed by atoms with van der Waals surface area (Å²) in [6.07, 6.45) is 0. The summed E-state index contributed by atoms with van der Waals surface area (Å²) in [6.45, 7) is 4.91. The maximum atomic E-state index is 12.3. The molecule has 0 aliphatic rings. The van der Waals surface area contributed by atoms with E-state index in [1.54, 1.807) is 24.3 Å². The molecule has 0 aliphatic heterocycles. The highest BCUT2D eigenvalue weighted by Crippen LogP contribution is 2.18. The molecule has 1 amide bonds. The standard InChI is InChI=1S/C18H19BrN2O2S/c1-12(2)11-20-18(24)23-16-8-3-5-13(9-16)17(22)21-15-7-4-6-14(19)10-15/h3-10,12H,11H2,1-2H3,(H,20,24)(H,21,22). The summed E-state index contributed by atoms with van der Waals surface area (Å²) < 4.78 is 6.46. The van der Waals surface area contributed by atoms with Crippen LogP contribution in [0.3, 0.4) is 0 Å². The molecule has 2 aromatic rings. The fraction of sp³-hybridized carbons (Fsp3) is 0.222. The minimum atomic E-state index is -0.209. The van der Waals surface area contributed by atoms with E-state index in [-0.39, 0.29) is 5.91 Å². The molecule has 4 nitrogen and oxygen atoms in total. The van der Waals surface area contributed by atoms with Crippen LogP contribution in [-0.2, 0) is 0 Å².